The molecule has 1 fully saturated rings. The van der Waals surface area contributed by atoms with Crippen LogP contribution in [0, 0.1) is 0 Å². The fraction of sp³-hybridized carbons (Fsp3) is 0.571. The molecule has 1 unspecified atom stereocenters. The van der Waals surface area contributed by atoms with E-state index in [1.807, 2.05) is 0 Å². The van der Waals surface area contributed by atoms with Gasteiger partial charge in [-0.25, -0.2) is 4.79 Å². The molecule has 0 amide bonds. The Bertz CT molecular complexity index is 508. The van der Waals surface area contributed by atoms with Crippen LogP contribution in [0.5, 0.6) is 0 Å². The van der Waals surface area contributed by atoms with Crippen LogP contribution in [0.2, 0.25) is 0 Å². The van der Waals surface area contributed by atoms with Crippen LogP contribution >= 0.6 is 0 Å². The zero-order valence-electron chi connectivity index (χ0n) is 11.3. The molecule has 2 rings (SSSR count). The van der Waals surface area contributed by atoms with Crippen molar-refractivity contribution in [2.75, 3.05) is 14.2 Å². The summed E-state index contributed by atoms with van der Waals surface area (Å²) in [5.41, 5.74) is -0.194. The molecule has 2 atom stereocenters. The molecule has 0 aromatic carbocycles. The molecule has 0 radical (unpaired) electrons. The lowest BCUT2D eigenvalue weighted by Crippen LogP contribution is -2.33. The van der Waals surface area contributed by atoms with Gasteiger partial charge in [0.25, 0.3) is 5.56 Å². The van der Waals surface area contributed by atoms with Crippen molar-refractivity contribution in [3.05, 3.63) is 34.2 Å². The monoisotopic (exact) mass is 265 g/mol. The van der Waals surface area contributed by atoms with Gasteiger partial charge >= 0.3 is 5.97 Å². The summed E-state index contributed by atoms with van der Waals surface area (Å²) in [6.45, 7) is 0. The zero-order chi connectivity index (χ0) is 13.8. The second-order valence-corrected chi connectivity index (χ2v) is 4.80. The number of rotatable bonds is 3. The second kappa shape index (κ2) is 6.02. The van der Waals surface area contributed by atoms with Gasteiger partial charge in [-0.1, -0.05) is 0 Å². The number of methoxy groups -OCH3 is 2. The van der Waals surface area contributed by atoms with Crippen LogP contribution in [0.25, 0.3) is 0 Å². The predicted molar refractivity (Wildman–Crippen MR) is 70.3 cm³/mol. The van der Waals surface area contributed by atoms with Crippen LogP contribution in [-0.2, 0) is 9.47 Å². The van der Waals surface area contributed by atoms with E-state index >= 15 is 0 Å². The van der Waals surface area contributed by atoms with Gasteiger partial charge in [-0.15, -0.1) is 0 Å². The minimum atomic E-state index is -0.585. The van der Waals surface area contributed by atoms with Crippen molar-refractivity contribution in [3.8, 4) is 0 Å². The van der Waals surface area contributed by atoms with Gasteiger partial charge in [0.15, 0.2) is 0 Å². The summed E-state index contributed by atoms with van der Waals surface area (Å²) in [5.74, 6) is -0.585. The molecule has 1 aromatic rings. The van der Waals surface area contributed by atoms with Crippen molar-refractivity contribution in [1.29, 1.82) is 0 Å². The smallest absolute Gasteiger partial charge is 0.343 e. The van der Waals surface area contributed by atoms with E-state index in [0.29, 0.717) is 0 Å². The maximum Gasteiger partial charge on any atom is 0.343 e. The lowest BCUT2D eigenvalue weighted by molar-refractivity contribution is 0.0519. The largest absolute Gasteiger partial charge is 0.465 e. The molecule has 1 heterocycles. The zero-order valence-corrected chi connectivity index (χ0v) is 11.3. The Morgan fingerprint density at radius 2 is 2.16 bits per heavy atom. The molecule has 0 saturated heterocycles. The first-order chi connectivity index (χ1) is 9.17. The fourth-order valence-electron chi connectivity index (χ4n) is 2.65. The average molecular weight is 265 g/mol. The summed E-state index contributed by atoms with van der Waals surface area (Å²) in [4.78, 5) is 23.8. The first-order valence-corrected chi connectivity index (χ1v) is 6.49. The summed E-state index contributed by atoms with van der Waals surface area (Å²) in [5, 5.41) is 0. The molecule has 1 saturated carbocycles. The average Bonchev–Trinajstić information content (AvgIpc) is 2.46. The van der Waals surface area contributed by atoms with Crippen molar-refractivity contribution >= 4 is 5.97 Å². The van der Waals surface area contributed by atoms with Crippen molar-refractivity contribution < 1.29 is 14.3 Å². The number of hydrogen-bond donors (Lipinski definition) is 0. The Labute approximate surface area is 112 Å². The number of esters is 1. The standard InChI is InChI=1S/C14H19NO4/c1-18-11-6-3-5-10(9-11)15-8-4-7-12(13(15)16)14(17)19-2/h4,7-8,10-11H,3,5-6,9H2,1-2H3/t10?,11-/m1/s1. The van der Waals surface area contributed by atoms with Gasteiger partial charge in [0.05, 0.1) is 13.2 Å². The van der Waals surface area contributed by atoms with Crippen LogP contribution < -0.4 is 5.56 Å². The Morgan fingerprint density at radius 3 is 2.84 bits per heavy atom. The number of carbonyl (C=O) groups is 1. The van der Waals surface area contributed by atoms with Gasteiger partial charge in [-0.3, -0.25) is 4.79 Å². The molecule has 1 aromatic heterocycles. The Morgan fingerprint density at radius 1 is 1.37 bits per heavy atom. The molecular formula is C14H19NO4. The van der Waals surface area contributed by atoms with Crippen molar-refractivity contribution in [1.82, 2.24) is 4.57 Å². The van der Waals surface area contributed by atoms with Gasteiger partial charge in [-0.05, 0) is 37.8 Å². The molecule has 1 aliphatic rings. The van der Waals surface area contributed by atoms with Gasteiger partial charge in [0, 0.05) is 19.3 Å². The predicted octanol–water partition coefficient (Wildman–Crippen LogP) is 1.76. The van der Waals surface area contributed by atoms with E-state index in [1.165, 1.54) is 13.2 Å². The van der Waals surface area contributed by atoms with Gasteiger partial charge in [0.1, 0.15) is 5.56 Å². The molecule has 19 heavy (non-hydrogen) atoms. The molecular weight excluding hydrogens is 246 g/mol. The maximum absolute atomic E-state index is 12.3. The van der Waals surface area contributed by atoms with E-state index in [2.05, 4.69) is 4.74 Å². The Balaban J connectivity index is 2.30. The molecule has 1 aliphatic carbocycles. The minimum Gasteiger partial charge on any atom is -0.465 e. The topological polar surface area (TPSA) is 57.5 Å². The highest BCUT2D eigenvalue weighted by molar-refractivity contribution is 5.88. The van der Waals surface area contributed by atoms with Crippen LogP contribution in [0.3, 0.4) is 0 Å². The van der Waals surface area contributed by atoms with E-state index < -0.39 is 5.97 Å². The van der Waals surface area contributed by atoms with E-state index in [-0.39, 0.29) is 23.3 Å². The second-order valence-electron chi connectivity index (χ2n) is 4.80. The first kappa shape index (κ1) is 13.8. The summed E-state index contributed by atoms with van der Waals surface area (Å²) in [6.07, 6.45) is 5.71. The maximum atomic E-state index is 12.3. The fourth-order valence-corrected chi connectivity index (χ4v) is 2.65. The first-order valence-electron chi connectivity index (χ1n) is 6.49. The van der Waals surface area contributed by atoms with E-state index in [9.17, 15) is 9.59 Å². The summed E-state index contributed by atoms with van der Waals surface area (Å²) in [6, 6.07) is 3.31. The molecule has 0 bridgehead atoms. The Hall–Kier alpha value is -1.62. The number of pyridine rings is 1. The normalized spacial score (nSPS) is 23.1. The third-order valence-corrected chi connectivity index (χ3v) is 3.70. The highest BCUT2D eigenvalue weighted by Gasteiger charge is 2.24. The molecule has 0 spiro atoms. The SMILES string of the molecule is COC(=O)c1cccn(C2CCC[C@@H](OC)C2)c1=O. The van der Waals surface area contributed by atoms with Crippen LogP contribution in [0.4, 0.5) is 0 Å². The Kier molecular flexibility index (Phi) is 4.37. The van der Waals surface area contributed by atoms with Gasteiger partial charge < -0.3 is 14.0 Å². The summed E-state index contributed by atoms with van der Waals surface area (Å²) >= 11 is 0. The van der Waals surface area contributed by atoms with Gasteiger partial charge in [-0.2, -0.15) is 0 Å². The highest BCUT2D eigenvalue weighted by Crippen LogP contribution is 2.28. The lowest BCUT2D eigenvalue weighted by Gasteiger charge is -2.29. The summed E-state index contributed by atoms with van der Waals surface area (Å²) < 4.78 is 11.6. The quantitative estimate of drug-likeness (QED) is 0.781. The van der Waals surface area contributed by atoms with Crippen molar-refractivity contribution in [2.45, 2.75) is 37.8 Å². The molecule has 0 N–H and O–H groups in total. The van der Waals surface area contributed by atoms with E-state index in [1.54, 1.807) is 23.9 Å². The van der Waals surface area contributed by atoms with Crippen molar-refractivity contribution in [2.24, 2.45) is 0 Å². The number of nitrogens with zero attached hydrogens (tertiary/aromatic N) is 1. The molecule has 5 heteroatoms. The van der Waals surface area contributed by atoms with Crippen LogP contribution in [0.1, 0.15) is 42.1 Å². The van der Waals surface area contributed by atoms with Crippen molar-refractivity contribution in [3.63, 3.8) is 0 Å². The van der Waals surface area contributed by atoms with Crippen LogP contribution in [0.15, 0.2) is 23.1 Å². The third kappa shape index (κ3) is 2.87. The lowest BCUT2D eigenvalue weighted by atomic mass is 9.92. The molecule has 5 nitrogen and oxygen atoms in total. The van der Waals surface area contributed by atoms with E-state index in [0.717, 1.165) is 25.7 Å². The molecule has 0 aliphatic heterocycles. The molecule has 104 valence electrons. The number of carbonyl (C=O) groups excluding carboxylic acids is 1. The van der Waals surface area contributed by atoms with E-state index in [4.69, 9.17) is 4.74 Å². The third-order valence-electron chi connectivity index (χ3n) is 3.70. The highest BCUT2D eigenvalue weighted by atomic mass is 16.5. The minimum absolute atomic E-state index is 0.0875. The van der Waals surface area contributed by atoms with Gasteiger partial charge in [0.2, 0.25) is 0 Å². The number of hydrogen-bond acceptors (Lipinski definition) is 4. The number of aromatic nitrogens is 1. The number of ether oxygens (including phenoxy) is 2. The van der Waals surface area contributed by atoms with Crippen LogP contribution in [-0.4, -0.2) is 30.9 Å². The summed E-state index contributed by atoms with van der Waals surface area (Å²) in [7, 11) is 2.97.